The van der Waals surface area contributed by atoms with Gasteiger partial charge < -0.3 is 10.5 Å². The Morgan fingerprint density at radius 1 is 1.25 bits per heavy atom. The quantitative estimate of drug-likeness (QED) is 0.811. The molecule has 0 aliphatic heterocycles. The van der Waals surface area contributed by atoms with Gasteiger partial charge in [0, 0.05) is 5.56 Å². The molecule has 0 spiro atoms. The molecule has 0 bridgehead atoms. The third-order valence-corrected chi connectivity index (χ3v) is 2.64. The Balaban J connectivity index is 2.57. The first-order valence-corrected chi connectivity index (χ1v) is 5.08. The smallest absolute Gasteiger partial charge is 0.126 e. The largest absolute Gasteiger partial charge is 0.496 e. The molecule has 16 heavy (non-hydrogen) atoms. The minimum Gasteiger partial charge on any atom is -0.496 e. The summed E-state index contributed by atoms with van der Waals surface area (Å²) in [7, 11) is 1.68. The number of hydrogen-bond donors (Lipinski definition) is 2. The van der Waals surface area contributed by atoms with Gasteiger partial charge in [-0.3, -0.25) is 5.10 Å². The average molecular weight is 217 g/mol. The molecule has 0 fully saturated rings. The van der Waals surface area contributed by atoms with Crippen molar-refractivity contribution in [1.29, 1.82) is 0 Å². The van der Waals surface area contributed by atoms with Gasteiger partial charge in [0.05, 0.1) is 13.3 Å². The van der Waals surface area contributed by atoms with Crippen LogP contribution >= 0.6 is 0 Å². The standard InChI is InChI=1S/C12H15N3O/c1-7-4-9(5-8(2)11(7)16-3)10-6-14-15-12(10)13/h4-6H,1-3H3,(H3,13,14,15). The first kappa shape index (κ1) is 10.5. The SMILES string of the molecule is COc1c(C)cc(-c2cn[nH]c2N)cc1C. The highest BCUT2D eigenvalue weighted by atomic mass is 16.5. The fourth-order valence-electron chi connectivity index (χ4n) is 1.95. The fourth-order valence-corrected chi connectivity index (χ4v) is 1.95. The maximum atomic E-state index is 5.79. The molecule has 4 nitrogen and oxygen atoms in total. The summed E-state index contributed by atoms with van der Waals surface area (Å²) >= 11 is 0. The summed E-state index contributed by atoms with van der Waals surface area (Å²) in [5.74, 6) is 1.51. The summed E-state index contributed by atoms with van der Waals surface area (Å²) in [5, 5.41) is 6.65. The summed E-state index contributed by atoms with van der Waals surface area (Å²) in [6.07, 6.45) is 1.73. The zero-order chi connectivity index (χ0) is 11.7. The molecule has 0 radical (unpaired) electrons. The van der Waals surface area contributed by atoms with Crippen LogP contribution in [0.2, 0.25) is 0 Å². The van der Waals surface area contributed by atoms with E-state index in [1.165, 1.54) is 0 Å². The number of nitrogens with one attached hydrogen (secondary N) is 1. The van der Waals surface area contributed by atoms with Crippen LogP contribution in [0.15, 0.2) is 18.3 Å². The molecule has 0 atom stereocenters. The predicted octanol–water partition coefficient (Wildman–Crippen LogP) is 2.28. The highest BCUT2D eigenvalue weighted by Gasteiger charge is 2.09. The van der Waals surface area contributed by atoms with Gasteiger partial charge in [-0.1, -0.05) is 0 Å². The number of aryl methyl sites for hydroxylation is 2. The van der Waals surface area contributed by atoms with Crippen molar-refractivity contribution in [3.63, 3.8) is 0 Å². The van der Waals surface area contributed by atoms with Gasteiger partial charge in [0.25, 0.3) is 0 Å². The summed E-state index contributed by atoms with van der Waals surface area (Å²) in [5.41, 5.74) is 9.97. The molecular weight excluding hydrogens is 202 g/mol. The molecule has 1 heterocycles. The Hall–Kier alpha value is -1.97. The minimum atomic E-state index is 0.587. The van der Waals surface area contributed by atoms with Crippen LogP contribution in [0.5, 0.6) is 5.75 Å². The highest BCUT2D eigenvalue weighted by molar-refractivity contribution is 5.75. The number of nitrogens with zero attached hydrogens (tertiary/aromatic N) is 1. The van der Waals surface area contributed by atoms with E-state index in [9.17, 15) is 0 Å². The predicted molar refractivity (Wildman–Crippen MR) is 64.5 cm³/mol. The number of benzene rings is 1. The molecule has 1 aromatic heterocycles. The van der Waals surface area contributed by atoms with Crippen LogP contribution in [0.4, 0.5) is 5.82 Å². The number of nitrogens with two attached hydrogens (primary N) is 1. The van der Waals surface area contributed by atoms with Crippen LogP contribution in [0, 0.1) is 13.8 Å². The number of anilines is 1. The number of aromatic nitrogens is 2. The lowest BCUT2D eigenvalue weighted by atomic mass is 10.0. The van der Waals surface area contributed by atoms with E-state index >= 15 is 0 Å². The van der Waals surface area contributed by atoms with Crippen molar-refractivity contribution < 1.29 is 4.74 Å². The molecule has 0 saturated heterocycles. The molecular formula is C12H15N3O. The van der Waals surface area contributed by atoms with Gasteiger partial charge in [0.15, 0.2) is 0 Å². The zero-order valence-corrected chi connectivity index (χ0v) is 9.66. The third-order valence-electron chi connectivity index (χ3n) is 2.64. The molecule has 0 aliphatic carbocycles. The van der Waals surface area contributed by atoms with Crippen molar-refractivity contribution in [2.75, 3.05) is 12.8 Å². The van der Waals surface area contributed by atoms with E-state index in [1.807, 2.05) is 26.0 Å². The summed E-state index contributed by atoms with van der Waals surface area (Å²) < 4.78 is 5.32. The van der Waals surface area contributed by atoms with Crippen LogP contribution in [-0.4, -0.2) is 17.3 Å². The first-order chi connectivity index (χ1) is 7.63. The highest BCUT2D eigenvalue weighted by Crippen LogP contribution is 2.31. The first-order valence-electron chi connectivity index (χ1n) is 5.08. The number of ether oxygens (including phenoxy) is 1. The van der Waals surface area contributed by atoms with E-state index in [2.05, 4.69) is 10.2 Å². The molecule has 3 N–H and O–H groups in total. The number of hydrogen-bond acceptors (Lipinski definition) is 3. The third kappa shape index (κ3) is 1.62. The van der Waals surface area contributed by atoms with Gasteiger partial charge >= 0.3 is 0 Å². The van der Waals surface area contributed by atoms with E-state index in [1.54, 1.807) is 13.3 Å². The van der Waals surface area contributed by atoms with Crippen LogP contribution in [-0.2, 0) is 0 Å². The number of H-pyrrole nitrogens is 1. The Labute approximate surface area is 94.4 Å². The number of aromatic amines is 1. The van der Waals surface area contributed by atoms with Crippen LogP contribution in [0.3, 0.4) is 0 Å². The van der Waals surface area contributed by atoms with Gasteiger partial charge in [-0.2, -0.15) is 5.10 Å². The van der Waals surface area contributed by atoms with Gasteiger partial charge in [-0.15, -0.1) is 0 Å². The van der Waals surface area contributed by atoms with Crippen LogP contribution in [0.1, 0.15) is 11.1 Å². The zero-order valence-electron chi connectivity index (χ0n) is 9.66. The molecule has 0 amide bonds. The van der Waals surface area contributed by atoms with Crippen molar-refractivity contribution in [2.24, 2.45) is 0 Å². The van der Waals surface area contributed by atoms with E-state index in [4.69, 9.17) is 10.5 Å². The van der Waals surface area contributed by atoms with Gasteiger partial charge in [0.1, 0.15) is 11.6 Å². The van der Waals surface area contributed by atoms with Crippen molar-refractivity contribution in [1.82, 2.24) is 10.2 Å². The Kier molecular flexibility index (Phi) is 2.56. The minimum absolute atomic E-state index is 0.587. The van der Waals surface area contributed by atoms with Crippen LogP contribution < -0.4 is 10.5 Å². The molecule has 4 heteroatoms. The lowest BCUT2D eigenvalue weighted by Gasteiger charge is -2.10. The van der Waals surface area contributed by atoms with Gasteiger partial charge in [-0.25, -0.2) is 0 Å². The van der Waals surface area contributed by atoms with Crippen molar-refractivity contribution in [2.45, 2.75) is 13.8 Å². The van der Waals surface area contributed by atoms with E-state index < -0.39 is 0 Å². The van der Waals surface area contributed by atoms with Crippen molar-refractivity contribution in [3.8, 4) is 16.9 Å². The molecule has 0 saturated carbocycles. The Morgan fingerprint density at radius 2 is 1.88 bits per heavy atom. The lowest BCUT2D eigenvalue weighted by molar-refractivity contribution is 0.408. The molecule has 1 aromatic carbocycles. The molecule has 84 valence electrons. The van der Waals surface area contributed by atoms with E-state index in [0.717, 1.165) is 28.0 Å². The van der Waals surface area contributed by atoms with Crippen molar-refractivity contribution >= 4 is 5.82 Å². The van der Waals surface area contributed by atoms with E-state index in [0.29, 0.717) is 5.82 Å². The second-order valence-corrected chi connectivity index (χ2v) is 3.84. The average Bonchev–Trinajstić information content (AvgIpc) is 2.64. The number of methoxy groups -OCH3 is 1. The van der Waals surface area contributed by atoms with Crippen molar-refractivity contribution in [3.05, 3.63) is 29.5 Å². The Morgan fingerprint density at radius 3 is 2.31 bits per heavy atom. The fraction of sp³-hybridized carbons (Fsp3) is 0.250. The molecule has 0 unspecified atom stereocenters. The van der Waals surface area contributed by atoms with Gasteiger partial charge in [-0.05, 0) is 42.7 Å². The van der Waals surface area contributed by atoms with E-state index in [-0.39, 0.29) is 0 Å². The maximum absolute atomic E-state index is 5.79. The summed E-state index contributed by atoms with van der Waals surface area (Å²) in [6.45, 7) is 4.04. The normalized spacial score (nSPS) is 10.4. The summed E-state index contributed by atoms with van der Waals surface area (Å²) in [6, 6.07) is 4.10. The number of nitrogen functional groups attached to an aromatic ring is 1. The topological polar surface area (TPSA) is 63.9 Å². The summed E-state index contributed by atoms with van der Waals surface area (Å²) in [4.78, 5) is 0. The van der Waals surface area contributed by atoms with Gasteiger partial charge in [0.2, 0.25) is 0 Å². The molecule has 2 aromatic rings. The number of rotatable bonds is 2. The monoisotopic (exact) mass is 217 g/mol. The second-order valence-electron chi connectivity index (χ2n) is 3.84. The molecule has 2 rings (SSSR count). The van der Waals surface area contributed by atoms with Crippen LogP contribution in [0.25, 0.3) is 11.1 Å². The Bertz CT molecular complexity index is 494. The molecule has 0 aliphatic rings. The second kappa shape index (κ2) is 3.89. The maximum Gasteiger partial charge on any atom is 0.126 e. The lowest BCUT2D eigenvalue weighted by Crippen LogP contribution is -1.93.